The van der Waals surface area contributed by atoms with E-state index in [1.54, 1.807) is 0 Å². The van der Waals surface area contributed by atoms with Gasteiger partial charge in [0.25, 0.3) is 0 Å². The normalized spacial score (nSPS) is 11.4. The van der Waals surface area contributed by atoms with Gasteiger partial charge in [-0.1, -0.05) is 48.5 Å². The Bertz CT molecular complexity index is 747. The van der Waals surface area contributed by atoms with E-state index in [-0.39, 0.29) is 0 Å². The lowest BCUT2D eigenvalue weighted by atomic mass is 10.1. The average Bonchev–Trinajstić information content (AvgIpc) is 2.92. The van der Waals surface area contributed by atoms with E-state index in [2.05, 4.69) is 78.6 Å². The van der Waals surface area contributed by atoms with E-state index >= 15 is 0 Å². The Morgan fingerprint density at radius 2 is 1.65 bits per heavy atom. The predicted molar refractivity (Wildman–Crippen MR) is 102 cm³/mol. The van der Waals surface area contributed by atoms with Crippen molar-refractivity contribution in [2.24, 2.45) is 0 Å². The number of benzene rings is 2. The fourth-order valence-electron chi connectivity index (χ4n) is 2.81. The van der Waals surface area contributed by atoms with Gasteiger partial charge in [-0.25, -0.2) is 0 Å². The molecule has 1 N–H and O–H groups in total. The van der Waals surface area contributed by atoms with Gasteiger partial charge in [0.2, 0.25) is 0 Å². The quantitative estimate of drug-likeness (QED) is 0.679. The first kappa shape index (κ1) is 16.2. The Balaban J connectivity index is 1.75. The molecule has 1 aromatic heterocycles. The number of nitrogens with one attached hydrogen (secondary N) is 1. The summed E-state index contributed by atoms with van der Waals surface area (Å²) in [6, 6.07) is 19.4. The van der Waals surface area contributed by atoms with E-state index < -0.39 is 0 Å². The van der Waals surface area contributed by atoms with Gasteiger partial charge in [-0.05, 0) is 31.3 Å². The Labute approximate surface area is 142 Å². The molecule has 0 aliphatic carbocycles. The van der Waals surface area contributed by atoms with Crippen LogP contribution in [-0.4, -0.2) is 30.5 Å². The molecule has 120 valence electrons. The molecule has 1 heterocycles. The van der Waals surface area contributed by atoms with Crippen molar-refractivity contribution in [3.63, 3.8) is 0 Å². The SMILES string of the molecule is CN(C)CCc1[nH]c2ccccc2c1CSCc1ccccc1. The molecular formula is C20H24N2S. The lowest BCUT2D eigenvalue weighted by molar-refractivity contribution is 0.412. The van der Waals surface area contributed by atoms with Crippen LogP contribution in [-0.2, 0) is 17.9 Å². The molecule has 0 fully saturated rings. The van der Waals surface area contributed by atoms with Gasteiger partial charge in [0.1, 0.15) is 0 Å². The van der Waals surface area contributed by atoms with Crippen molar-refractivity contribution in [3.05, 3.63) is 71.4 Å². The molecule has 3 heteroatoms. The Kier molecular flexibility index (Phi) is 5.42. The molecule has 0 saturated carbocycles. The second kappa shape index (κ2) is 7.71. The van der Waals surface area contributed by atoms with Crippen LogP contribution in [0, 0.1) is 0 Å². The van der Waals surface area contributed by atoms with Crippen LogP contribution in [0.1, 0.15) is 16.8 Å². The number of para-hydroxylation sites is 1. The highest BCUT2D eigenvalue weighted by molar-refractivity contribution is 7.97. The summed E-state index contributed by atoms with van der Waals surface area (Å²) < 4.78 is 0. The third-order valence-electron chi connectivity index (χ3n) is 4.07. The van der Waals surface area contributed by atoms with Crippen LogP contribution < -0.4 is 0 Å². The lowest BCUT2D eigenvalue weighted by Crippen LogP contribution is -2.15. The number of hydrogen-bond donors (Lipinski definition) is 1. The third kappa shape index (κ3) is 4.18. The van der Waals surface area contributed by atoms with Crippen LogP contribution in [0.25, 0.3) is 10.9 Å². The van der Waals surface area contributed by atoms with Gasteiger partial charge in [0.15, 0.2) is 0 Å². The highest BCUT2D eigenvalue weighted by atomic mass is 32.2. The highest BCUT2D eigenvalue weighted by Gasteiger charge is 2.11. The third-order valence-corrected chi connectivity index (χ3v) is 5.10. The van der Waals surface area contributed by atoms with E-state index in [0.717, 1.165) is 24.5 Å². The largest absolute Gasteiger partial charge is 0.358 e. The van der Waals surface area contributed by atoms with E-state index in [9.17, 15) is 0 Å². The average molecular weight is 324 g/mol. The lowest BCUT2D eigenvalue weighted by Gasteiger charge is -2.10. The van der Waals surface area contributed by atoms with Crippen molar-refractivity contribution in [2.75, 3.05) is 20.6 Å². The second-order valence-electron chi connectivity index (χ2n) is 6.16. The fraction of sp³-hybridized carbons (Fsp3) is 0.300. The van der Waals surface area contributed by atoms with Gasteiger partial charge in [-0.15, -0.1) is 0 Å². The zero-order valence-electron chi connectivity index (χ0n) is 13.9. The van der Waals surface area contributed by atoms with Crippen molar-refractivity contribution < 1.29 is 0 Å². The monoisotopic (exact) mass is 324 g/mol. The summed E-state index contributed by atoms with van der Waals surface area (Å²) in [5, 5.41) is 1.38. The highest BCUT2D eigenvalue weighted by Crippen LogP contribution is 2.28. The summed E-state index contributed by atoms with van der Waals surface area (Å²) in [7, 11) is 4.26. The van der Waals surface area contributed by atoms with E-state index in [1.807, 2.05) is 11.8 Å². The number of H-pyrrole nitrogens is 1. The van der Waals surface area contributed by atoms with Gasteiger partial charge in [0.05, 0.1) is 0 Å². The first-order valence-electron chi connectivity index (χ1n) is 8.09. The van der Waals surface area contributed by atoms with Gasteiger partial charge >= 0.3 is 0 Å². The molecular weight excluding hydrogens is 300 g/mol. The van der Waals surface area contributed by atoms with E-state index in [1.165, 1.54) is 27.7 Å². The maximum atomic E-state index is 3.63. The Hall–Kier alpha value is -1.71. The minimum atomic E-state index is 1.06. The van der Waals surface area contributed by atoms with Crippen LogP contribution in [0.5, 0.6) is 0 Å². The van der Waals surface area contributed by atoms with Crippen molar-refractivity contribution in [1.29, 1.82) is 0 Å². The summed E-state index contributed by atoms with van der Waals surface area (Å²) >= 11 is 1.99. The first-order chi connectivity index (χ1) is 11.2. The number of aromatic nitrogens is 1. The summed E-state index contributed by atoms with van der Waals surface area (Å²) in [6.45, 7) is 1.07. The summed E-state index contributed by atoms with van der Waals surface area (Å²) in [5.41, 5.74) is 5.52. The molecule has 0 saturated heterocycles. The van der Waals surface area contributed by atoms with Crippen molar-refractivity contribution in [2.45, 2.75) is 17.9 Å². The van der Waals surface area contributed by atoms with Crippen LogP contribution in [0.2, 0.25) is 0 Å². The number of thioether (sulfide) groups is 1. The van der Waals surface area contributed by atoms with Crippen LogP contribution >= 0.6 is 11.8 Å². The minimum Gasteiger partial charge on any atom is -0.358 e. The van der Waals surface area contributed by atoms with Gasteiger partial charge in [-0.2, -0.15) is 11.8 Å². The van der Waals surface area contributed by atoms with Gasteiger partial charge in [0, 0.05) is 41.1 Å². The molecule has 0 atom stereocenters. The van der Waals surface area contributed by atoms with Gasteiger partial charge < -0.3 is 9.88 Å². The number of rotatable bonds is 7. The number of hydrogen-bond acceptors (Lipinski definition) is 2. The van der Waals surface area contributed by atoms with Crippen molar-refractivity contribution >= 4 is 22.7 Å². The van der Waals surface area contributed by atoms with E-state index in [0.29, 0.717) is 0 Å². The molecule has 0 radical (unpaired) electrons. The van der Waals surface area contributed by atoms with Crippen molar-refractivity contribution in [1.82, 2.24) is 9.88 Å². The number of likely N-dealkylation sites (N-methyl/N-ethyl adjacent to an activating group) is 1. The van der Waals surface area contributed by atoms with Gasteiger partial charge in [-0.3, -0.25) is 0 Å². The molecule has 23 heavy (non-hydrogen) atoms. The topological polar surface area (TPSA) is 19.0 Å². The maximum absolute atomic E-state index is 3.63. The second-order valence-corrected chi connectivity index (χ2v) is 7.14. The summed E-state index contributed by atoms with van der Waals surface area (Å²) in [5.74, 6) is 2.12. The molecule has 2 nitrogen and oxygen atoms in total. The number of nitrogens with zero attached hydrogens (tertiary/aromatic N) is 1. The molecule has 0 spiro atoms. The summed E-state index contributed by atoms with van der Waals surface area (Å²) in [6.07, 6.45) is 1.07. The smallest absolute Gasteiger partial charge is 0.0459 e. The zero-order chi connectivity index (χ0) is 16.1. The zero-order valence-corrected chi connectivity index (χ0v) is 14.7. The first-order valence-corrected chi connectivity index (χ1v) is 9.24. The summed E-state index contributed by atoms with van der Waals surface area (Å²) in [4.78, 5) is 5.87. The molecule has 3 aromatic rings. The van der Waals surface area contributed by atoms with Crippen LogP contribution in [0.4, 0.5) is 0 Å². The molecule has 0 amide bonds. The number of fused-ring (bicyclic) bond motifs is 1. The molecule has 2 aromatic carbocycles. The molecule has 0 bridgehead atoms. The minimum absolute atomic E-state index is 1.06. The van der Waals surface area contributed by atoms with Crippen LogP contribution in [0.3, 0.4) is 0 Å². The fourth-order valence-corrected chi connectivity index (χ4v) is 3.88. The maximum Gasteiger partial charge on any atom is 0.0459 e. The molecule has 3 rings (SSSR count). The number of aromatic amines is 1. The Morgan fingerprint density at radius 3 is 2.43 bits per heavy atom. The molecule has 0 aliphatic heterocycles. The standard InChI is InChI=1S/C20H24N2S/c1-22(2)13-12-20-18(17-10-6-7-11-19(17)21-20)15-23-14-16-8-4-3-5-9-16/h3-11,21H,12-15H2,1-2H3. The van der Waals surface area contributed by atoms with E-state index in [4.69, 9.17) is 0 Å². The molecule has 0 unspecified atom stereocenters. The van der Waals surface area contributed by atoms with Crippen molar-refractivity contribution in [3.8, 4) is 0 Å². The molecule has 0 aliphatic rings. The van der Waals surface area contributed by atoms with Crippen LogP contribution in [0.15, 0.2) is 54.6 Å². The predicted octanol–water partition coefficient (Wildman–Crippen LogP) is 4.71. The Morgan fingerprint density at radius 1 is 0.913 bits per heavy atom.